The van der Waals surface area contributed by atoms with Gasteiger partial charge in [0.25, 0.3) is 0 Å². The quantitative estimate of drug-likeness (QED) is 0.719. The van der Waals surface area contributed by atoms with Crippen LogP contribution in [0.25, 0.3) is 0 Å². The minimum absolute atomic E-state index is 0.119. The summed E-state index contributed by atoms with van der Waals surface area (Å²) in [5.41, 5.74) is 0.847. The van der Waals surface area contributed by atoms with E-state index in [0.717, 1.165) is 5.56 Å². The second-order valence-corrected chi connectivity index (χ2v) is 5.46. The second kappa shape index (κ2) is 8.81. The molecule has 0 bridgehead atoms. The fourth-order valence-electron chi connectivity index (χ4n) is 2.00. The predicted octanol–water partition coefficient (Wildman–Crippen LogP) is 2.37. The third-order valence-electron chi connectivity index (χ3n) is 2.96. The molecule has 0 aliphatic heterocycles. The van der Waals surface area contributed by atoms with Gasteiger partial charge >= 0.3 is 12.1 Å². The maximum absolute atomic E-state index is 11.8. The van der Waals surface area contributed by atoms with Gasteiger partial charge in [-0.25, -0.2) is 9.59 Å². The number of Topliss-reactive ketones (excluding diaryl/α,β-unsaturated/α-hetero) is 1. The summed E-state index contributed by atoms with van der Waals surface area (Å²) in [6, 6.07) is 8.64. The van der Waals surface area contributed by atoms with Gasteiger partial charge in [-0.15, -0.1) is 0 Å². The summed E-state index contributed by atoms with van der Waals surface area (Å²) >= 11 is 0. The van der Waals surface area contributed by atoms with E-state index in [1.807, 2.05) is 44.2 Å². The number of aliphatic carboxylic acids is 1. The third-order valence-corrected chi connectivity index (χ3v) is 2.96. The Hall–Kier alpha value is -2.37. The van der Waals surface area contributed by atoms with Crippen LogP contribution >= 0.6 is 0 Å². The summed E-state index contributed by atoms with van der Waals surface area (Å²) in [4.78, 5) is 33.7. The van der Waals surface area contributed by atoms with Gasteiger partial charge in [0.15, 0.2) is 0 Å². The zero-order valence-corrected chi connectivity index (χ0v) is 12.7. The average Bonchev–Trinajstić information content (AvgIpc) is 2.45. The van der Waals surface area contributed by atoms with Crippen LogP contribution in [0.4, 0.5) is 4.79 Å². The van der Waals surface area contributed by atoms with Gasteiger partial charge in [-0.3, -0.25) is 4.79 Å². The van der Waals surface area contributed by atoms with Gasteiger partial charge in [-0.05, 0) is 17.9 Å². The number of ether oxygens (including phenoxy) is 1. The zero-order chi connectivity index (χ0) is 16.5. The van der Waals surface area contributed by atoms with Crippen molar-refractivity contribution in [1.82, 2.24) is 5.32 Å². The molecule has 6 heteroatoms. The molecular formula is C16H21NO5. The molecule has 0 unspecified atom stereocenters. The van der Waals surface area contributed by atoms with Crippen LogP contribution in [0.5, 0.6) is 0 Å². The number of carboxylic acid groups (broad SMARTS) is 1. The Morgan fingerprint density at radius 3 is 2.36 bits per heavy atom. The van der Waals surface area contributed by atoms with Crippen molar-refractivity contribution in [2.45, 2.75) is 39.3 Å². The SMILES string of the molecule is CC(C)C[C@@H](CC(=O)C(=O)O)NC(=O)OCc1ccccc1. The number of rotatable bonds is 8. The van der Waals surface area contributed by atoms with Crippen LogP contribution in [-0.4, -0.2) is 29.0 Å². The number of hydrogen-bond donors (Lipinski definition) is 2. The first kappa shape index (κ1) is 17.7. The van der Waals surface area contributed by atoms with Crippen molar-refractivity contribution < 1.29 is 24.2 Å². The lowest BCUT2D eigenvalue weighted by Crippen LogP contribution is -2.38. The lowest BCUT2D eigenvalue weighted by atomic mass is 9.99. The highest BCUT2D eigenvalue weighted by Gasteiger charge is 2.22. The molecule has 2 N–H and O–H groups in total. The molecule has 0 aliphatic rings. The Balaban J connectivity index is 2.51. The molecule has 120 valence electrons. The number of carbonyl (C=O) groups excluding carboxylic acids is 2. The first-order valence-electron chi connectivity index (χ1n) is 7.11. The number of nitrogens with one attached hydrogen (secondary N) is 1. The summed E-state index contributed by atoms with van der Waals surface area (Å²) in [7, 11) is 0. The molecule has 1 aromatic carbocycles. The van der Waals surface area contributed by atoms with Crippen LogP contribution in [0.2, 0.25) is 0 Å². The Bertz CT molecular complexity index is 513. The molecule has 0 heterocycles. The number of ketones is 1. The maximum atomic E-state index is 11.8. The van der Waals surface area contributed by atoms with E-state index in [9.17, 15) is 14.4 Å². The number of hydrogen-bond acceptors (Lipinski definition) is 4. The molecule has 22 heavy (non-hydrogen) atoms. The third kappa shape index (κ3) is 6.88. The molecule has 1 rings (SSSR count). The molecule has 0 aliphatic carbocycles. The topological polar surface area (TPSA) is 92.7 Å². The molecule has 0 radical (unpaired) electrons. The van der Waals surface area contributed by atoms with E-state index in [1.165, 1.54) is 0 Å². The van der Waals surface area contributed by atoms with E-state index in [2.05, 4.69) is 5.32 Å². The summed E-state index contributed by atoms with van der Waals surface area (Å²) in [5.74, 6) is -2.21. The van der Waals surface area contributed by atoms with Crippen molar-refractivity contribution in [3.8, 4) is 0 Å². The van der Waals surface area contributed by atoms with E-state index in [0.29, 0.717) is 6.42 Å². The van der Waals surface area contributed by atoms with Crippen LogP contribution in [-0.2, 0) is 20.9 Å². The predicted molar refractivity (Wildman–Crippen MR) is 80.3 cm³/mol. The molecular weight excluding hydrogens is 286 g/mol. The number of amides is 1. The smallest absolute Gasteiger partial charge is 0.407 e. The molecule has 1 atom stereocenters. The van der Waals surface area contributed by atoms with Crippen LogP contribution in [0.3, 0.4) is 0 Å². The van der Waals surface area contributed by atoms with Gasteiger partial charge in [0, 0.05) is 12.5 Å². The minimum atomic E-state index is -1.49. The fourth-order valence-corrected chi connectivity index (χ4v) is 2.00. The molecule has 0 fully saturated rings. The molecule has 0 saturated carbocycles. The molecule has 1 aromatic rings. The fraction of sp³-hybridized carbons (Fsp3) is 0.438. The maximum Gasteiger partial charge on any atom is 0.407 e. The highest BCUT2D eigenvalue weighted by atomic mass is 16.5. The van der Waals surface area contributed by atoms with Crippen molar-refractivity contribution in [3.05, 3.63) is 35.9 Å². The Morgan fingerprint density at radius 1 is 1.18 bits per heavy atom. The largest absolute Gasteiger partial charge is 0.476 e. The van der Waals surface area contributed by atoms with E-state index in [-0.39, 0.29) is 18.9 Å². The summed E-state index contributed by atoms with van der Waals surface area (Å²) in [5, 5.41) is 11.2. The Kier molecular flexibility index (Phi) is 7.08. The van der Waals surface area contributed by atoms with Crippen LogP contribution < -0.4 is 5.32 Å². The highest BCUT2D eigenvalue weighted by Crippen LogP contribution is 2.09. The van der Waals surface area contributed by atoms with Crippen molar-refractivity contribution in [3.63, 3.8) is 0 Å². The highest BCUT2D eigenvalue weighted by molar-refractivity contribution is 6.32. The number of carbonyl (C=O) groups is 3. The Morgan fingerprint density at radius 2 is 1.82 bits per heavy atom. The van der Waals surface area contributed by atoms with Gasteiger partial charge < -0.3 is 15.2 Å². The monoisotopic (exact) mass is 307 g/mol. The average molecular weight is 307 g/mol. The summed E-state index contributed by atoms with van der Waals surface area (Å²) in [6.07, 6.45) is -0.402. The van der Waals surface area contributed by atoms with Gasteiger partial charge in [0.2, 0.25) is 5.78 Å². The lowest BCUT2D eigenvalue weighted by Gasteiger charge is -2.19. The first-order chi connectivity index (χ1) is 10.4. The van der Waals surface area contributed by atoms with Gasteiger partial charge in [0.1, 0.15) is 6.61 Å². The number of benzene rings is 1. The number of carboxylic acids is 1. The van der Waals surface area contributed by atoms with Crippen LogP contribution in [0, 0.1) is 5.92 Å². The zero-order valence-electron chi connectivity index (χ0n) is 12.7. The lowest BCUT2D eigenvalue weighted by molar-refractivity contribution is -0.149. The minimum Gasteiger partial charge on any atom is -0.476 e. The van der Waals surface area contributed by atoms with Crippen molar-refractivity contribution in [2.24, 2.45) is 5.92 Å². The van der Waals surface area contributed by atoms with Crippen LogP contribution in [0.1, 0.15) is 32.3 Å². The van der Waals surface area contributed by atoms with Crippen molar-refractivity contribution in [2.75, 3.05) is 0 Å². The molecule has 6 nitrogen and oxygen atoms in total. The standard InChI is InChI=1S/C16H21NO5/c1-11(2)8-13(9-14(18)15(19)20)17-16(21)22-10-12-6-4-3-5-7-12/h3-7,11,13H,8-10H2,1-2H3,(H,17,21)(H,19,20)/t13-/m0/s1. The summed E-state index contributed by atoms with van der Waals surface area (Å²) in [6.45, 7) is 3.97. The molecule has 0 aromatic heterocycles. The van der Waals surface area contributed by atoms with Crippen molar-refractivity contribution >= 4 is 17.8 Å². The van der Waals surface area contributed by atoms with Gasteiger partial charge in [-0.2, -0.15) is 0 Å². The van der Waals surface area contributed by atoms with E-state index >= 15 is 0 Å². The van der Waals surface area contributed by atoms with E-state index in [1.54, 1.807) is 0 Å². The Labute approximate surface area is 129 Å². The van der Waals surface area contributed by atoms with Crippen molar-refractivity contribution in [1.29, 1.82) is 0 Å². The first-order valence-corrected chi connectivity index (χ1v) is 7.11. The number of alkyl carbamates (subject to hydrolysis) is 1. The van der Waals surface area contributed by atoms with E-state index < -0.39 is 23.9 Å². The molecule has 1 amide bonds. The normalized spacial score (nSPS) is 11.8. The van der Waals surface area contributed by atoms with Crippen LogP contribution in [0.15, 0.2) is 30.3 Å². The van der Waals surface area contributed by atoms with E-state index in [4.69, 9.17) is 9.84 Å². The second-order valence-electron chi connectivity index (χ2n) is 5.46. The summed E-state index contributed by atoms with van der Waals surface area (Å²) < 4.78 is 5.07. The molecule has 0 saturated heterocycles. The van der Waals surface area contributed by atoms with Gasteiger partial charge in [0.05, 0.1) is 0 Å². The van der Waals surface area contributed by atoms with Gasteiger partial charge in [-0.1, -0.05) is 44.2 Å². The molecule has 0 spiro atoms.